The number of hydrogen-bond acceptors (Lipinski definition) is 4. The van der Waals surface area contributed by atoms with E-state index in [-0.39, 0.29) is 35.1 Å². The van der Waals surface area contributed by atoms with Gasteiger partial charge in [0.1, 0.15) is 17.5 Å². The van der Waals surface area contributed by atoms with Crippen molar-refractivity contribution >= 4 is 29.5 Å². The molecule has 1 saturated heterocycles. The summed E-state index contributed by atoms with van der Waals surface area (Å²) >= 11 is 1.59. The average Bonchev–Trinajstić information content (AvgIpc) is 3.32. The van der Waals surface area contributed by atoms with Crippen LogP contribution >= 0.6 is 11.8 Å². The van der Waals surface area contributed by atoms with Gasteiger partial charge in [-0.05, 0) is 30.0 Å². The molecule has 1 fully saturated rings. The van der Waals surface area contributed by atoms with Gasteiger partial charge in [-0.3, -0.25) is 14.4 Å². The van der Waals surface area contributed by atoms with Gasteiger partial charge >= 0.3 is 0 Å². The molecule has 6 nitrogen and oxygen atoms in total. The normalized spacial score (nSPS) is 21.4. The maximum atomic E-state index is 13.2. The molecule has 0 saturated carbocycles. The molecule has 0 aliphatic carbocycles. The Morgan fingerprint density at radius 1 is 1.00 bits per heavy atom. The Balaban J connectivity index is 1.45. The molecular weight excluding hydrogens is 410 g/mol. The van der Waals surface area contributed by atoms with Crippen LogP contribution in [0.25, 0.3) is 0 Å². The fraction of sp³-hybridized carbons (Fsp3) is 0.375. The lowest BCUT2D eigenvalue weighted by molar-refractivity contribution is -0.132. The average molecular weight is 438 g/mol. The highest BCUT2D eigenvalue weighted by atomic mass is 32.2. The molecule has 2 aliphatic heterocycles. The van der Waals surface area contributed by atoms with Gasteiger partial charge in [-0.1, -0.05) is 62.4 Å². The second kappa shape index (κ2) is 8.75. The zero-order valence-corrected chi connectivity index (χ0v) is 18.7. The third kappa shape index (κ3) is 4.06. The van der Waals surface area contributed by atoms with Crippen molar-refractivity contribution in [2.45, 2.75) is 44.3 Å². The standard InChI is InChI=1S/C24H27N3O3S/c1-14(2)20(22(29)25-15(3)16-9-5-4-6-10-16)26-21(28)19-13-31-24-18-12-8-7-11-17(18)23(30)27(19)24/h4-12,14-15,19-20,24H,13H2,1-3H3,(H,25,29)(H,26,28)/t15-,19-,20-,24-/m0/s1. The van der Waals surface area contributed by atoms with Gasteiger partial charge in [0.25, 0.3) is 5.91 Å². The summed E-state index contributed by atoms with van der Waals surface area (Å²) in [4.78, 5) is 40.7. The third-order valence-corrected chi connectivity index (χ3v) is 7.21. The minimum atomic E-state index is -0.678. The van der Waals surface area contributed by atoms with Crippen LogP contribution in [-0.4, -0.2) is 40.5 Å². The molecule has 3 amide bonds. The van der Waals surface area contributed by atoms with E-state index in [2.05, 4.69) is 10.6 Å². The summed E-state index contributed by atoms with van der Waals surface area (Å²) in [5.41, 5.74) is 2.62. The van der Waals surface area contributed by atoms with E-state index < -0.39 is 12.1 Å². The summed E-state index contributed by atoms with van der Waals surface area (Å²) in [6.07, 6.45) is 0. The van der Waals surface area contributed by atoms with Crippen molar-refractivity contribution in [3.05, 3.63) is 71.3 Å². The molecule has 0 unspecified atom stereocenters. The molecule has 0 bridgehead atoms. The van der Waals surface area contributed by atoms with Crippen LogP contribution in [-0.2, 0) is 9.59 Å². The third-order valence-electron chi connectivity index (χ3n) is 5.90. The van der Waals surface area contributed by atoms with Gasteiger partial charge in [-0.25, -0.2) is 0 Å². The van der Waals surface area contributed by atoms with Crippen molar-refractivity contribution in [3.63, 3.8) is 0 Å². The van der Waals surface area contributed by atoms with E-state index in [4.69, 9.17) is 0 Å². The molecular formula is C24H27N3O3S. The Hall–Kier alpha value is -2.80. The first-order valence-corrected chi connectivity index (χ1v) is 11.6. The highest BCUT2D eigenvalue weighted by Crippen LogP contribution is 2.48. The van der Waals surface area contributed by atoms with E-state index in [0.29, 0.717) is 11.3 Å². The molecule has 31 heavy (non-hydrogen) atoms. The first kappa shape index (κ1) is 21.4. The minimum absolute atomic E-state index is 0.0942. The van der Waals surface area contributed by atoms with Crippen molar-refractivity contribution in [1.29, 1.82) is 0 Å². The van der Waals surface area contributed by atoms with Crippen molar-refractivity contribution in [2.24, 2.45) is 5.92 Å². The van der Waals surface area contributed by atoms with Gasteiger partial charge in [0.2, 0.25) is 11.8 Å². The molecule has 4 atom stereocenters. The van der Waals surface area contributed by atoms with Crippen LogP contribution < -0.4 is 10.6 Å². The predicted molar refractivity (Wildman–Crippen MR) is 121 cm³/mol. The molecule has 2 aliphatic rings. The maximum absolute atomic E-state index is 13.2. The number of amides is 3. The van der Waals surface area contributed by atoms with E-state index in [0.717, 1.165) is 11.1 Å². The maximum Gasteiger partial charge on any atom is 0.256 e. The first-order chi connectivity index (χ1) is 14.9. The second-order valence-corrected chi connectivity index (χ2v) is 9.49. The van der Waals surface area contributed by atoms with E-state index >= 15 is 0 Å². The van der Waals surface area contributed by atoms with Crippen molar-refractivity contribution in [2.75, 3.05) is 5.75 Å². The second-order valence-electron chi connectivity index (χ2n) is 8.37. The SMILES string of the molecule is CC(C)[C@H](NC(=O)[C@@H]1CS[C@H]2c3ccccc3C(=O)N12)C(=O)N[C@@H](C)c1ccccc1. The number of rotatable bonds is 6. The number of benzene rings is 2. The van der Waals surface area contributed by atoms with Gasteiger partial charge < -0.3 is 15.5 Å². The highest BCUT2D eigenvalue weighted by Gasteiger charge is 2.48. The van der Waals surface area contributed by atoms with E-state index in [1.54, 1.807) is 22.7 Å². The Labute approximate surface area is 186 Å². The monoisotopic (exact) mass is 437 g/mol. The lowest BCUT2D eigenvalue weighted by atomic mass is 10.0. The number of hydrogen-bond donors (Lipinski definition) is 2. The molecule has 0 spiro atoms. The first-order valence-electron chi connectivity index (χ1n) is 10.6. The Morgan fingerprint density at radius 3 is 2.39 bits per heavy atom. The molecule has 4 rings (SSSR count). The number of fused-ring (bicyclic) bond motifs is 3. The van der Waals surface area contributed by atoms with Gasteiger partial charge in [0.05, 0.1) is 6.04 Å². The lowest BCUT2D eigenvalue weighted by Gasteiger charge is -2.28. The number of nitrogens with zero attached hydrogens (tertiary/aromatic N) is 1. The summed E-state index contributed by atoms with van der Waals surface area (Å²) < 4.78 is 0. The van der Waals surface area contributed by atoms with Gasteiger partial charge in [0.15, 0.2) is 0 Å². The van der Waals surface area contributed by atoms with Crippen LogP contribution in [0.5, 0.6) is 0 Å². The molecule has 0 radical (unpaired) electrons. The molecule has 2 aromatic carbocycles. The fourth-order valence-electron chi connectivity index (χ4n) is 4.15. The van der Waals surface area contributed by atoms with Crippen molar-refractivity contribution < 1.29 is 14.4 Å². The molecule has 0 aromatic heterocycles. The van der Waals surface area contributed by atoms with Gasteiger partial charge in [0, 0.05) is 11.3 Å². The van der Waals surface area contributed by atoms with Crippen LogP contribution in [0.2, 0.25) is 0 Å². The molecule has 162 valence electrons. The minimum Gasteiger partial charge on any atom is -0.348 e. The molecule has 7 heteroatoms. The highest BCUT2D eigenvalue weighted by molar-refractivity contribution is 7.99. The summed E-state index contributed by atoms with van der Waals surface area (Å²) in [7, 11) is 0. The Bertz CT molecular complexity index is 995. The smallest absolute Gasteiger partial charge is 0.256 e. The zero-order valence-electron chi connectivity index (χ0n) is 17.9. The fourth-order valence-corrected chi connectivity index (χ4v) is 5.62. The van der Waals surface area contributed by atoms with Gasteiger partial charge in [-0.2, -0.15) is 0 Å². The Morgan fingerprint density at radius 2 is 1.68 bits per heavy atom. The summed E-state index contributed by atoms with van der Waals surface area (Å²) in [5.74, 6) is -0.198. The van der Waals surface area contributed by atoms with Crippen LogP contribution in [0, 0.1) is 5.92 Å². The molecule has 2 heterocycles. The van der Waals surface area contributed by atoms with Crippen molar-refractivity contribution in [3.8, 4) is 0 Å². The van der Waals surface area contributed by atoms with Gasteiger partial charge in [-0.15, -0.1) is 11.8 Å². The topological polar surface area (TPSA) is 78.5 Å². The predicted octanol–water partition coefficient (Wildman–Crippen LogP) is 3.27. The van der Waals surface area contributed by atoms with Crippen molar-refractivity contribution in [1.82, 2.24) is 15.5 Å². The quantitative estimate of drug-likeness (QED) is 0.727. The lowest BCUT2D eigenvalue weighted by Crippen LogP contribution is -2.55. The number of thioether (sulfide) groups is 1. The van der Waals surface area contributed by atoms with Crippen LogP contribution in [0.3, 0.4) is 0 Å². The van der Waals surface area contributed by atoms with E-state index in [1.807, 2.05) is 69.3 Å². The zero-order chi connectivity index (χ0) is 22.1. The summed E-state index contributed by atoms with van der Waals surface area (Å²) in [5, 5.41) is 5.78. The summed E-state index contributed by atoms with van der Waals surface area (Å²) in [6, 6.07) is 15.8. The van der Waals surface area contributed by atoms with E-state index in [1.165, 1.54) is 0 Å². The summed E-state index contributed by atoms with van der Waals surface area (Å²) in [6.45, 7) is 5.73. The number of carbonyl (C=O) groups is 3. The molecule has 2 aromatic rings. The van der Waals surface area contributed by atoms with Crippen LogP contribution in [0.15, 0.2) is 54.6 Å². The number of carbonyl (C=O) groups excluding carboxylic acids is 3. The van der Waals surface area contributed by atoms with Crippen LogP contribution in [0.1, 0.15) is 53.7 Å². The van der Waals surface area contributed by atoms with E-state index in [9.17, 15) is 14.4 Å². The Kier molecular flexibility index (Phi) is 6.05. The largest absolute Gasteiger partial charge is 0.348 e. The van der Waals surface area contributed by atoms with Crippen LogP contribution in [0.4, 0.5) is 0 Å². The number of nitrogens with one attached hydrogen (secondary N) is 2. The molecule has 2 N–H and O–H groups in total.